The molecule has 0 amide bonds. The van der Waals surface area contributed by atoms with Crippen LogP contribution in [0, 0.1) is 6.92 Å². The maximum atomic E-state index is 8.78. The lowest BCUT2D eigenvalue weighted by Gasteiger charge is -1.98. The number of aliphatic hydroxyl groups is 1. The molecule has 0 fully saturated rings. The first-order valence-corrected chi connectivity index (χ1v) is 4.20. The van der Waals surface area contributed by atoms with Gasteiger partial charge in [0, 0.05) is 0 Å². The van der Waals surface area contributed by atoms with Gasteiger partial charge in [0.15, 0.2) is 0 Å². The molecule has 0 aromatic heterocycles. The highest BCUT2D eigenvalue weighted by atomic mass is 35.5. The SMILES string of the molecule is Cc1ccccc1/C=C/C(O)Cl. The number of hydrogen-bond donors (Lipinski definition) is 1. The van der Waals surface area contributed by atoms with Crippen molar-refractivity contribution in [3.05, 3.63) is 41.5 Å². The second kappa shape index (κ2) is 4.29. The molecule has 0 saturated heterocycles. The number of aryl methyl sites for hydroxylation is 1. The zero-order valence-electron chi connectivity index (χ0n) is 6.87. The van der Waals surface area contributed by atoms with Gasteiger partial charge in [-0.3, -0.25) is 0 Å². The van der Waals surface area contributed by atoms with Gasteiger partial charge in [-0.15, -0.1) is 0 Å². The van der Waals surface area contributed by atoms with Crippen molar-refractivity contribution in [3.63, 3.8) is 0 Å². The minimum Gasteiger partial charge on any atom is -0.374 e. The smallest absolute Gasteiger partial charge is 0.146 e. The molecule has 0 heterocycles. The Balaban J connectivity index is 2.82. The molecular weight excluding hydrogens is 172 g/mol. The summed E-state index contributed by atoms with van der Waals surface area (Å²) in [5.41, 5.74) is 1.35. The first-order chi connectivity index (χ1) is 5.70. The van der Waals surface area contributed by atoms with Crippen LogP contribution in [0.4, 0.5) is 0 Å². The van der Waals surface area contributed by atoms with Gasteiger partial charge >= 0.3 is 0 Å². The van der Waals surface area contributed by atoms with Crippen LogP contribution in [0.5, 0.6) is 0 Å². The second-order valence-electron chi connectivity index (χ2n) is 2.59. The number of alkyl halides is 1. The first kappa shape index (κ1) is 9.30. The van der Waals surface area contributed by atoms with Crippen molar-refractivity contribution in [1.82, 2.24) is 0 Å². The Labute approximate surface area is 77.3 Å². The third-order valence-electron chi connectivity index (χ3n) is 1.62. The van der Waals surface area contributed by atoms with Gasteiger partial charge in [-0.2, -0.15) is 0 Å². The van der Waals surface area contributed by atoms with Crippen LogP contribution in [0.25, 0.3) is 6.08 Å². The normalized spacial score (nSPS) is 13.6. The number of hydrogen-bond acceptors (Lipinski definition) is 1. The summed E-state index contributed by atoms with van der Waals surface area (Å²) in [4.78, 5) is 0. The topological polar surface area (TPSA) is 20.2 Å². The van der Waals surface area contributed by atoms with Crippen LogP contribution in [0.3, 0.4) is 0 Å². The van der Waals surface area contributed by atoms with Crippen LogP contribution in [0.2, 0.25) is 0 Å². The van der Waals surface area contributed by atoms with Gasteiger partial charge in [0.2, 0.25) is 0 Å². The van der Waals surface area contributed by atoms with E-state index in [0.29, 0.717) is 0 Å². The molecule has 12 heavy (non-hydrogen) atoms. The first-order valence-electron chi connectivity index (χ1n) is 3.76. The van der Waals surface area contributed by atoms with Gasteiger partial charge in [0.25, 0.3) is 0 Å². The Morgan fingerprint density at radius 3 is 2.67 bits per heavy atom. The van der Waals surface area contributed by atoms with Gasteiger partial charge in [-0.05, 0) is 24.1 Å². The van der Waals surface area contributed by atoms with Gasteiger partial charge < -0.3 is 5.11 Å². The van der Waals surface area contributed by atoms with Gasteiger partial charge in [-0.1, -0.05) is 41.9 Å². The molecule has 1 unspecified atom stereocenters. The molecule has 1 aromatic rings. The lowest BCUT2D eigenvalue weighted by Crippen LogP contribution is -1.87. The van der Waals surface area contributed by atoms with Crippen LogP contribution >= 0.6 is 11.6 Å². The zero-order valence-corrected chi connectivity index (χ0v) is 7.62. The maximum absolute atomic E-state index is 8.78. The molecular formula is C10H11ClO. The Morgan fingerprint density at radius 2 is 2.08 bits per heavy atom. The van der Waals surface area contributed by atoms with Gasteiger partial charge in [0.05, 0.1) is 0 Å². The fourth-order valence-electron chi connectivity index (χ4n) is 0.957. The Morgan fingerprint density at radius 1 is 1.42 bits per heavy atom. The monoisotopic (exact) mass is 182 g/mol. The number of halogens is 1. The van der Waals surface area contributed by atoms with Gasteiger partial charge in [0.1, 0.15) is 5.56 Å². The van der Waals surface area contributed by atoms with Crippen LogP contribution in [0.15, 0.2) is 30.3 Å². The Hall–Kier alpha value is -0.790. The fourth-order valence-corrected chi connectivity index (χ4v) is 1.03. The second-order valence-corrected chi connectivity index (χ2v) is 3.04. The van der Waals surface area contributed by atoms with E-state index in [0.717, 1.165) is 5.56 Å². The number of rotatable bonds is 2. The highest BCUT2D eigenvalue weighted by Gasteiger charge is 1.92. The summed E-state index contributed by atoms with van der Waals surface area (Å²) in [6, 6.07) is 7.92. The highest BCUT2D eigenvalue weighted by molar-refractivity contribution is 6.20. The maximum Gasteiger partial charge on any atom is 0.146 e. The molecule has 64 valence electrons. The Kier molecular flexibility index (Phi) is 3.32. The minimum absolute atomic E-state index is 0.899. The molecule has 0 spiro atoms. The summed E-state index contributed by atoms with van der Waals surface area (Å²) in [7, 11) is 0. The minimum atomic E-state index is -0.899. The number of benzene rings is 1. The predicted octanol–water partition coefficient (Wildman–Crippen LogP) is 2.57. The van der Waals surface area contributed by atoms with E-state index < -0.39 is 5.56 Å². The van der Waals surface area contributed by atoms with Crippen molar-refractivity contribution < 1.29 is 5.11 Å². The molecule has 0 radical (unpaired) electrons. The molecule has 0 aliphatic heterocycles. The van der Waals surface area contributed by atoms with E-state index in [-0.39, 0.29) is 0 Å². The van der Waals surface area contributed by atoms with Crippen molar-refractivity contribution in [2.75, 3.05) is 0 Å². The van der Waals surface area contributed by atoms with E-state index in [1.54, 1.807) is 6.08 Å². The average Bonchev–Trinajstić information content (AvgIpc) is 2.03. The van der Waals surface area contributed by atoms with E-state index in [4.69, 9.17) is 16.7 Å². The molecule has 2 heteroatoms. The zero-order chi connectivity index (χ0) is 8.97. The summed E-state index contributed by atoms with van der Waals surface area (Å²) in [6.45, 7) is 2.01. The fraction of sp³-hybridized carbons (Fsp3) is 0.200. The average molecular weight is 183 g/mol. The Bertz CT molecular complexity index is 279. The summed E-state index contributed by atoms with van der Waals surface area (Å²) < 4.78 is 0. The molecule has 1 aromatic carbocycles. The quantitative estimate of drug-likeness (QED) is 0.698. The summed E-state index contributed by atoms with van der Waals surface area (Å²) in [5.74, 6) is 0. The van der Waals surface area contributed by atoms with E-state index in [9.17, 15) is 0 Å². The van der Waals surface area contributed by atoms with Crippen LogP contribution in [-0.2, 0) is 0 Å². The summed E-state index contributed by atoms with van der Waals surface area (Å²) >= 11 is 5.35. The molecule has 1 N–H and O–H groups in total. The van der Waals surface area contributed by atoms with E-state index >= 15 is 0 Å². The van der Waals surface area contributed by atoms with Crippen LogP contribution < -0.4 is 0 Å². The van der Waals surface area contributed by atoms with Crippen molar-refractivity contribution in [3.8, 4) is 0 Å². The summed E-state index contributed by atoms with van der Waals surface area (Å²) in [5, 5.41) is 8.78. The lowest BCUT2D eigenvalue weighted by molar-refractivity contribution is 0.304. The lowest BCUT2D eigenvalue weighted by atomic mass is 10.1. The van der Waals surface area contributed by atoms with E-state index in [1.165, 1.54) is 5.56 Å². The molecule has 0 aliphatic rings. The van der Waals surface area contributed by atoms with Crippen molar-refractivity contribution in [2.45, 2.75) is 12.5 Å². The predicted molar refractivity (Wildman–Crippen MR) is 52.1 cm³/mol. The largest absolute Gasteiger partial charge is 0.374 e. The van der Waals surface area contributed by atoms with Crippen molar-refractivity contribution >= 4 is 17.7 Å². The van der Waals surface area contributed by atoms with Gasteiger partial charge in [-0.25, -0.2) is 0 Å². The van der Waals surface area contributed by atoms with E-state index in [1.807, 2.05) is 37.3 Å². The molecule has 1 rings (SSSR count). The van der Waals surface area contributed by atoms with Crippen molar-refractivity contribution in [2.24, 2.45) is 0 Å². The molecule has 1 nitrogen and oxygen atoms in total. The van der Waals surface area contributed by atoms with Crippen molar-refractivity contribution in [1.29, 1.82) is 0 Å². The third kappa shape index (κ3) is 2.68. The molecule has 1 atom stereocenters. The molecule has 0 aliphatic carbocycles. The highest BCUT2D eigenvalue weighted by Crippen LogP contribution is 2.09. The van der Waals surface area contributed by atoms with E-state index in [2.05, 4.69) is 0 Å². The molecule has 0 saturated carbocycles. The summed E-state index contributed by atoms with van der Waals surface area (Å²) in [6.07, 6.45) is 3.36. The van der Waals surface area contributed by atoms with Crippen LogP contribution in [-0.4, -0.2) is 10.7 Å². The number of aliphatic hydroxyl groups excluding tert-OH is 1. The molecule has 0 bridgehead atoms. The third-order valence-corrected chi connectivity index (χ3v) is 1.77. The standard InChI is InChI=1S/C10H11ClO/c1-8-4-2-3-5-9(8)6-7-10(11)12/h2-7,10,12H,1H3/b7-6+. The van der Waals surface area contributed by atoms with Crippen LogP contribution in [0.1, 0.15) is 11.1 Å².